The first-order valence-electron chi connectivity index (χ1n) is 22.8. The van der Waals surface area contributed by atoms with Gasteiger partial charge in [-0.1, -0.05) is 169 Å². The van der Waals surface area contributed by atoms with Gasteiger partial charge in [0.25, 0.3) is 11.8 Å². The first kappa shape index (κ1) is 50.5. The van der Waals surface area contributed by atoms with E-state index in [1.807, 2.05) is 152 Å². The molecule has 0 aliphatic carbocycles. The van der Waals surface area contributed by atoms with Gasteiger partial charge in [-0.2, -0.15) is 0 Å². The van der Waals surface area contributed by atoms with E-state index < -0.39 is 63.4 Å². The lowest BCUT2D eigenvalue weighted by molar-refractivity contribution is -0.154. The predicted octanol–water partition coefficient (Wildman–Crippen LogP) is 8.77. The quantitative estimate of drug-likeness (QED) is 0.0167. The van der Waals surface area contributed by atoms with Crippen molar-refractivity contribution in [1.29, 1.82) is 0 Å². The van der Waals surface area contributed by atoms with Gasteiger partial charge in [0.1, 0.15) is 34.7 Å². The van der Waals surface area contributed by atoms with Gasteiger partial charge in [0.2, 0.25) is 5.60 Å². The summed E-state index contributed by atoms with van der Waals surface area (Å²) in [5.74, 6) is -2.55. The number of rotatable bonds is 17. The SMILES string of the molecule is Cn1cnnc1SCSC1=C(C(=O)OC(c2ccccc2)c2ccccc2)N2C(=O)[C@@H](NC(=O)/C(=N/OC(c3ccccc3)(c3ccccc3)c3ccccc3)c3csc(NC(=O)OC(C)(C)C)n3)[C@H]2S(=O)C1. The number of ether oxygens (including phenoxy) is 2. The van der Waals surface area contributed by atoms with E-state index in [9.17, 15) is 23.4 Å². The molecule has 0 spiro atoms. The summed E-state index contributed by atoms with van der Waals surface area (Å²) < 4.78 is 28.0. The number of amides is 3. The maximum absolute atomic E-state index is 15.0. The van der Waals surface area contributed by atoms with E-state index in [1.54, 1.807) is 38.7 Å². The highest BCUT2D eigenvalue weighted by Gasteiger charge is 2.58. The first-order valence-corrected chi connectivity index (χ1v) is 27.1. The van der Waals surface area contributed by atoms with Crippen LogP contribution < -0.4 is 10.6 Å². The molecule has 0 radical (unpaired) electrons. The zero-order valence-corrected chi connectivity index (χ0v) is 43.1. The summed E-state index contributed by atoms with van der Waals surface area (Å²) >= 11 is 3.60. The fraction of sp³-hybridized carbons (Fsp3) is 0.208. The standard InChI is InChI=1S/C53H48N8O8S4/c1-52(2,3)68-51(65)57-49-55-39(30-70-49)41(59-69-53(36-24-14-7-15-25-36,37-26-16-8-17-27-37)38-28-18-9-19-29-38)45(62)56-42-46(63)61-43(40(31-73(66)47(42)61)71-33-72-50-58-54-32-60(50)4)48(64)67-44(34-20-10-5-11-21-34)35-22-12-6-13-23-35/h5-30,32,42,44,47H,31,33H2,1-4H3,(H,56,62)(H,55,57,65)/b59-41+/t42-,47-,73?/m1/s1. The molecule has 2 N–H and O–H groups in total. The Morgan fingerprint density at radius 3 is 1.89 bits per heavy atom. The number of aromatic nitrogens is 4. The van der Waals surface area contributed by atoms with Crippen molar-refractivity contribution in [2.75, 3.05) is 16.2 Å². The molecule has 1 fully saturated rings. The van der Waals surface area contributed by atoms with Gasteiger partial charge in [-0.05, 0) is 31.9 Å². The summed E-state index contributed by atoms with van der Waals surface area (Å²) in [6, 6.07) is 45.2. The van der Waals surface area contributed by atoms with Crippen LogP contribution in [0, 0.1) is 0 Å². The molecule has 73 heavy (non-hydrogen) atoms. The van der Waals surface area contributed by atoms with E-state index in [0.717, 1.165) is 11.3 Å². The minimum atomic E-state index is -1.84. The van der Waals surface area contributed by atoms with Crippen LogP contribution in [0.5, 0.6) is 0 Å². The third-order valence-electron chi connectivity index (χ3n) is 11.5. The summed E-state index contributed by atoms with van der Waals surface area (Å²) in [7, 11) is -0.0339. The molecule has 2 aliphatic rings. The van der Waals surface area contributed by atoms with Crippen molar-refractivity contribution in [3.63, 3.8) is 0 Å². The Morgan fingerprint density at radius 1 is 0.822 bits per heavy atom. The Bertz CT molecular complexity index is 3050. The molecule has 372 valence electrons. The van der Waals surface area contributed by atoms with Crippen LogP contribution >= 0.6 is 34.9 Å². The normalized spacial score (nSPS) is 16.8. The Kier molecular flexibility index (Phi) is 15.3. The van der Waals surface area contributed by atoms with Gasteiger partial charge < -0.3 is 24.2 Å². The number of carbonyl (C=O) groups is 4. The molecule has 1 saturated heterocycles. The highest BCUT2D eigenvalue weighted by Crippen LogP contribution is 2.43. The van der Waals surface area contributed by atoms with Crippen molar-refractivity contribution >= 4 is 80.4 Å². The van der Waals surface area contributed by atoms with Crippen molar-refractivity contribution in [1.82, 2.24) is 30.0 Å². The van der Waals surface area contributed by atoms with E-state index in [2.05, 4.69) is 31.0 Å². The van der Waals surface area contributed by atoms with Crippen LogP contribution in [0.4, 0.5) is 9.93 Å². The van der Waals surface area contributed by atoms with Gasteiger partial charge in [0, 0.05) is 34.0 Å². The molecule has 5 aromatic carbocycles. The fourth-order valence-corrected chi connectivity index (χ4v) is 12.9. The molecular formula is C53H48N8O8S4. The third-order valence-corrected chi connectivity index (χ3v) is 16.3. The van der Waals surface area contributed by atoms with E-state index >= 15 is 0 Å². The van der Waals surface area contributed by atoms with E-state index in [4.69, 9.17) is 14.3 Å². The number of thioether (sulfide) groups is 2. The molecule has 9 rings (SSSR count). The summed E-state index contributed by atoms with van der Waals surface area (Å²) in [6.07, 6.45) is -0.0611. The van der Waals surface area contributed by atoms with Crippen molar-refractivity contribution in [2.24, 2.45) is 12.2 Å². The molecule has 20 heteroatoms. The van der Waals surface area contributed by atoms with E-state index in [0.29, 0.717) is 43.0 Å². The van der Waals surface area contributed by atoms with Gasteiger partial charge >= 0.3 is 12.1 Å². The average Bonchev–Trinajstić information content (AvgIpc) is 4.04. The highest BCUT2D eigenvalue weighted by molar-refractivity contribution is 8.18. The number of esters is 1. The second-order valence-corrected chi connectivity index (χ2v) is 22.3. The van der Waals surface area contributed by atoms with Gasteiger partial charge in [0.05, 0.1) is 21.6 Å². The number of oxime groups is 1. The van der Waals surface area contributed by atoms with Crippen LogP contribution in [0.3, 0.4) is 0 Å². The highest BCUT2D eigenvalue weighted by atomic mass is 32.2. The lowest BCUT2D eigenvalue weighted by atomic mass is 9.80. The zero-order chi connectivity index (χ0) is 51.1. The van der Waals surface area contributed by atoms with Gasteiger partial charge in [-0.3, -0.25) is 24.0 Å². The molecule has 7 aromatic rings. The number of fused-ring (bicyclic) bond motifs is 1. The maximum Gasteiger partial charge on any atom is 0.413 e. The van der Waals surface area contributed by atoms with Gasteiger partial charge in [-0.15, -0.1) is 33.3 Å². The van der Waals surface area contributed by atoms with Crippen LogP contribution in [0.1, 0.15) is 60.4 Å². The van der Waals surface area contributed by atoms with Crippen LogP contribution in [-0.4, -0.2) is 86.3 Å². The number of benzene rings is 5. The molecule has 2 aromatic heterocycles. The minimum Gasteiger partial charge on any atom is -0.448 e. The summed E-state index contributed by atoms with van der Waals surface area (Å²) in [4.78, 5) is 70.2. The fourth-order valence-electron chi connectivity index (χ4n) is 8.18. The molecule has 16 nitrogen and oxygen atoms in total. The van der Waals surface area contributed by atoms with Crippen molar-refractivity contribution in [3.05, 3.63) is 207 Å². The first-order chi connectivity index (χ1) is 35.3. The van der Waals surface area contributed by atoms with Crippen molar-refractivity contribution in [3.8, 4) is 0 Å². The maximum atomic E-state index is 15.0. The lowest BCUT2D eigenvalue weighted by Crippen LogP contribution is -2.74. The van der Waals surface area contributed by atoms with Crippen LogP contribution in [0.25, 0.3) is 0 Å². The Morgan fingerprint density at radius 2 is 1.37 bits per heavy atom. The van der Waals surface area contributed by atoms with Crippen LogP contribution in [-0.2, 0) is 52.1 Å². The summed E-state index contributed by atoms with van der Waals surface area (Å²) in [5, 5.41) is 19.5. The number of nitrogens with one attached hydrogen (secondary N) is 2. The predicted molar refractivity (Wildman–Crippen MR) is 282 cm³/mol. The number of hydrogen-bond acceptors (Lipinski definition) is 15. The van der Waals surface area contributed by atoms with Gasteiger partial charge in [0.15, 0.2) is 22.1 Å². The molecule has 2 aliphatic heterocycles. The molecular weight excluding hydrogens is 1000 g/mol. The number of anilines is 1. The van der Waals surface area contributed by atoms with E-state index in [1.165, 1.54) is 33.8 Å². The Balaban J connectivity index is 1.07. The molecule has 1 unspecified atom stereocenters. The van der Waals surface area contributed by atoms with Crippen molar-refractivity contribution < 1.29 is 37.7 Å². The third kappa shape index (κ3) is 11.2. The Labute approximate surface area is 436 Å². The number of carbonyl (C=O) groups excluding carboxylic acids is 4. The number of nitrogens with zero attached hydrogens (tertiary/aromatic N) is 6. The molecule has 4 heterocycles. The largest absolute Gasteiger partial charge is 0.448 e. The number of thiazole rings is 1. The van der Waals surface area contributed by atoms with Crippen LogP contribution in [0.15, 0.2) is 184 Å². The zero-order valence-electron chi connectivity index (χ0n) is 39.8. The molecule has 0 bridgehead atoms. The second-order valence-electron chi connectivity index (χ2n) is 17.6. The summed E-state index contributed by atoms with van der Waals surface area (Å²) in [5.41, 5.74) is 0.734. The van der Waals surface area contributed by atoms with E-state index in [-0.39, 0.29) is 28.0 Å². The van der Waals surface area contributed by atoms with Crippen LogP contribution in [0.2, 0.25) is 0 Å². The lowest BCUT2D eigenvalue weighted by Gasteiger charge is -2.49. The van der Waals surface area contributed by atoms with Gasteiger partial charge in [-0.25, -0.2) is 14.6 Å². The number of hydrogen-bond donors (Lipinski definition) is 2. The summed E-state index contributed by atoms with van der Waals surface area (Å²) in [6.45, 7) is 5.17. The molecule has 3 amide bonds. The Hall–Kier alpha value is -7.39. The molecule has 3 atom stereocenters. The number of β-lactam (4-membered cyclic amide) rings is 1. The second kappa shape index (κ2) is 22.2. The topological polar surface area (TPSA) is 196 Å². The van der Waals surface area contributed by atoms with Crippen molar-refractivity contribution in [2.45, 2.75) is 54.6 Å². The minimum absolute atomic E-state index is 0.0128. The molecule has 0 saturated carbocycles. The average molecular weight is 1050 g/mol. The number of aryl methyl sites for hydroxylation is 1. The monoisotopic (exact) mass is 1050 g/mol. The smallest absolute Gasteiger partial charge is 0.413 e.